The molecule has 3 rings (SSSR count). The summed E-state index contributed by atoms with van der Waals surface area (Å²) < 4.78 is 41.5. The van der Waals surface area contributed by atoms with Gasteiger partial charge in [0.1, 0.15) is 18.2 Å². The molecule has 3 aromatic rings. The molecule has 132 valence electrons. The molecule has 0 saturated carbocycles. The van der Waals surface area contributed by atoms with Gasteiger partial charge in [0.2, 0.25) is 0 Å². The van der Waals surface area contributed by atoms with Gasteiger partial charge in [0.05, 0.1) is 0 Å². The van der Waals surface area contributed by atoms with Crippen LogP contribution in [-0.4, -0.2) is 35.5 Å². The van der Waals surface area contributed by atoms with Gasteiger partial charge in [-0.15, -0.1) is 0 Å². The lowest BCUT2D eigenvalue weighted by atomic mass is 10.2. The van der Waals surface area contributed by atoms with E-state index in [0.29, 0.717) is 12.0 Å². The first-order valence-electron chi connectivity index (χ1n) is 7.74. The van der Waals surface area contributed by atoms with Crippen LogP contribution in [0.25, 0.3) is 11.4 Å². The number of alkyl halides is 3. The van der Waals surface area contributed by atoms with E-state index in [-0.39, 0.29) is 17.7 Å². The van der Waals surface area contributed by atoms with Gasteiger partial charge in [0.25, 0.3) is 0 Å². The van der Waals surface area contributed by atoms with E-state index in [1.54, 1.807) is 36.9 Å². The van der Waals surface area contributed by atoms with Crippen molar-refractivity contribution in [3.8, 4) is 11.4 Å². The first kappa shape index (κ1) is 17.1. The van der Waals surface area contributed by atoms with Crippen LogP contribution >= 0.6 is 0 Å². The van der Waals surface area contributed by atoms with Crippen molar-refractivity contribution in [3.63, 3.8) is 0 Å². The van der Waals surface area contributed by atoms with Gasteiger partial charge in [-0.2, -0.15) is 18.3 Å². The van der Waals surface area contributed by atoms with Crippen molar-refractivity contribution in [2.24, 2.45) is 0 Å². The molecule has 0 aliphatic carbocycles. The smallest absolute Gasteiger partial charge is 0.332 e. The molecule has 1 atom stereocenters. The molecule has 0 aliphatic heterocycles. The van der Waals surface area contributed by atoms with Crippen molar-refractivity contribution in [1.29, 1.82) is 0 Å². The molecule has 25 heavy (non-hydrogen) atoms. The number of hydrogen-bond acceptors (Lipinski definition) is 4. The summed E-state index contributed by atoms with van der Waals surface area (Å²) in [5, 5.41) is 4.06. The normalized spacial score (nSPS) is 13.2. The van der Waals surface area contributed by atoms with Gasteiger partial charge in [0.15, 0.2) is 5.82 Å². The molecular weight excluding hydrogens is 333 g/mol. The summed E-state index contributed by atoms with van der Waals surface area (Å²) in [4.78, 5) is 12.4. The summed E-state index contributed by atoms with van der Waals surface area (Å²) >= 11 is 0. The maximum Gasteiger partial charge on any atom is 0.408 e. The number of aryl methyl sites for hydroxylation is 1. The summed E-state index contributed by atoms with van der Waals surface area (Å²) in [5.74, 6) is 1.34. The van der Waals surface area contributed by atoms with Gasteiger partial charge >= 0.3 is 6.18 Å². The largest absolute Gasteiger partial charge is 0.408 e. The van der Waals surface area contributed by atoms with Crippen LogP contribution in [0.4, 0.5) is 13.2 Å². The van der Waals surface area contributed by atoms with Crippen molar-refractivity contribution >= 4 is 0 Å². The van der Waals surface area contributed by atoms with E-state index < -0.39 is 12.7 Å². The molecule has 9 heteroatoms. The van der Waals surface area contributed by atoms with E-state index in [1.165, 1.54) is 0 Å². The Labute approximate surface area is 142 Å². The SMILES string of the molecule is Cc1nccn1[C@@H](C)Cc1nc(-c2ccncc2)nn1CC(F)(F)F. The second-order valence-electron chi connectivity index (χ2n) is 5.80. The molecule has 0 amide bonds. The van der Waals surface area contributed by atoms with E-state index in [4.69, 9.17) is 0 Å². The Morgan fingerprint density at radius 2 is 1.88 bits per heavy atom. The van der Waals surface area contributed by atoms with Crippen LogP contribution < -0.4 is 0 Å². The Morgan fingerprint density at radius 3 is 2.48 bits per heavy atom. The minimum absolute atomic E-state index is 0.0935. The van der Waals surface area contributed by atoms with Crippen molar-refractivity contribution in [2.45, 2.75) is 39.0 Å². The molecule has 0 saturated heterocycles. The highest BCUT2D eigenvalue weighted by Crippen LogP contribution is 2.23. The third-order valence-electron chi connectivity index (χ3n) is 3.83. The molecule has 0 radical (unpaired) electrons. The van der Waals surface area contributed by atoms with Crippen molar-refractivity contribution < 1.29 is 13.2 Å². The Bertz CT molecular complexity index is 837. The van der Waals surface area contributed by atoms with E-state index in [1.807, 2.05) is 18.4 Å². The maximum atomic E-state index is 12.9. The van der Waals surface area contributed by atoms with Crippen LogP contribution in [0.5, 0.6) is 0 Å². The van der Waals surface area contributed by atoms with E-state index in [2.05, 4.69) is 20.1 Å². The number of imidazole rings is 1. The fourth-order valence-electron chi connectivity index (χ4n) is 2.66. The van der Waals surface area contributed by atoms with Gasteiger partial charge in [-0.3, -0.25) is 4.98 Å². The lowest BCUT2D eigenvalue weighted by Crippen LogP contribution is -2.22. The third-order valence-corrected chi connectivity index (χ3v) is 3.83. The molecule has 6 nitrogen and oxygen atoms in total. The van der Waals surface area contributed by atoms with E-state index >= 15 is 0 Å². The fraction of sp³-hybridized carbons (Fsp3) is 0.375. The molecule has 3 heterocycles. The topological polar surface area (TPSA) is 61.4 Å². The van der Waals surface area contributed by atoms with Crippen molar-refractivity contribution in [1.82, 2.24) is 29.3 Å². The molecule has 0 spiro atoms. The number of halogens is 3. The molecular formula is C16H17F3N6. The summed E-state index contributed by atoms with van der Waals surface area (Å²) in [6.45, 7) is 2.59. The fourth-order valence-corrected chi connectivity index (χ4v) is 2.66. The lowest BCUT2D eigenvalue weighted by Gasteiger charge is -2.15. The average Bonchev–Trinajstić information content (AvgIpc) is 3.13. The first-order valence-corrected chi connectivity index (χ1v) is 7.74. The zero-order chi connectivity index (χ0) is 18.0. The van der Waals surface area contributed by atoms with Crippen LogP contribution in [0.3, 0.4) is 0 Å². The van der Waals surface area contributed by atoms with Crippen molar-refractivity contribution in [3.05, 3.63) is 48.6 Å². The zero-order valence-electron chi connectivity index (χ0n) is 13.8. The number of hydrogen-bond donors (Lipinski definition) is 0. The lowest BCUT2D eigenvalue weighted by molar-refractivity contribution is -0.143. The highest BCUT2D eigenvalue weighted by Gasteiger charge is 2.31. The summed E-state index contributed by atoms with van der Waals surface area (Å²) in [5.41, 5.74) is 0.628. The number of pyridine rings is 1. The molecule has 0 N–H and O–H groups in total. The second kappa shape index (κ2) is 6.66. The quantitative estimate of drug-likeness (QED) is 0.709. The number of rotatable bonds is 5. The zero-order valence-corrected chi connectivity index (χ0v) is 13.8. The molecule has 0 aliphatic rings. The predicted molar refractivity (Wildman–Crippen MR) is 84.7 cm³/mol. The van der Waals surface area contributed by atoms with Crippen LogP contribution in [0, 0.1) is 6.92 Å². The maximum absolute atomic E-state index is 12.9. The molecule has 0 bridgehead atoms. The number of nitrogens with zero attached hydrogens (tertiary/aromatic N) is 6. The minimum Gasteiger partial charge on any atom is -0.332 e. The van der Waals surface area contributed by atoms with Gasteiger partial charge in [-0.25, -0.2) is 14.6 Å². The third kappa shape index (κ3) is 4.04. The Balaban J connectivity index is 1.93. The highest BCUT2D eigenvalue weighted by atomic mass is 19.4. The Morgan fingerprint density at radius 1 is 1.16 bits per heavy atom. The van der Waals surface area contributed by atoms with Crippen LogP contribution in [0.15, 0.2) is 36.9 Å². The van der Waals surface area contributed by atoms with Gasteiger partial charge in [0, 0.05) is 42.8 Å². The van der Waals surface area contributed by atoms with E-state index in [0.717, 1.165) is 10.5 Å². The number of aromatic nitrogens is 6. The monoisotopic (exact) mass is 350 g/mol. The van der Waals surface area contributed by atoms with Crippen LogP contribution in [-0.2, 0) is 13.0 Å². The van der Waals surface area contributed by atoms with Gasteiger partial charge in [-0.1, -0.05) is 0 Å². The second-order valence-corrected chi connectivity index (χ2v) is 5.80. The molecule has 0 fully saturated rings. The standard InChI is InChI=1S/C16H17F3N6/c1-11(24-8-7-21-12(24)2)9-14-22-15(13-3-5-20-6-4-13)23-25(14)10-16(17,18)19/h3-8,11H,9-10H2,1-2H3/t11-/m0/s1. The average molecular weight is 350 g/mol. The molecule has 0 unspecified atom stereocenters. The summed E-state index contributed by atoms with van der Waals surface area (Å²) in [7, 11) is 0. The first-order chi connectivity index (χ1) is 11.8. The van der Waals surface area contributed by atoms with E-state index in [9.17, 15) is 13.2 Å². The van der Waals surface area contributed by atoms with Gasteiger partial charge in [-0.05, 0) is 26.0 Å². The summed E-state index contributed by atoms with van der Waals surface area (Å²) in [6.07, 6.45) is 2.51. The van der Waals surface area contributed by atoms with Crippen molar-refractivity contribution in [2.75, 3.05) is 0 Å². The van der Waals surface area contributed by atoms with Crippen LogP contribution in [0.2, 0.25) is 0 Å². The highest BCUT2D eigenvalue weighted by molar-refractivity contribution is 5.53. The molecule has 3 aromatic heterocycles. The Hall–Kier alpha value is -2.71. The summed E-state index contributed by atoms with van der Waals surface area (Å²) in [6, 6.07) is 3.24. The minimum atomic E-state index is -4.37. The predicted octanol–water partition coefficient (Wildman–Crippen LogP) is 3.21. The van der Waals surface area contributed by atoms with Crippen LogP contribution in [0.1, 0.15) is 24.6 Å². The van der Waals surface area contributed by atoms with Gasteiger partial charge < -0.3 is 4.57 Å². The molecule has 0 aromatic carbocycles. The Kier molecular flexibility index (Phi) is 4.56.